The molecule has 1 atom stereocenters. The van der Waals surface area contributed by atoms with E-state index in [1.807, 2.05) is 35.9 Å². The molecule has 1 aromatic carbocycles. The van der Waals surface area contributed by atoms with Crippen molar-refractivity contribution in [2.45, 2.75) is 12.8 Å². The molecule has 0 N–H and O–H groups in total. The van der Waals surface area contributed by atoms with Gasteiger partial charge in [0.05, 0.1) is 12.0 Å². The Morgan fingerprint density at radius 1 is 1.43 bits per heavy atom. The standard InChI is InChI=1S/C16H16ClN3O/c1-19-14-8-13(17)5-4-12(14)7-15(19)16(21)20-6-2-3-11(9-18)10-20/h4-5,7-8,11H,2-3,6,10H2,1H3/t11-/m0/s1. The van der Waals surface area contributed by atoms with Gasteiger partial charge in [0.15, 0.2) is 0 Å². The van der Waals surface area contributed by atoms with Crippen molar-refractivity contribution < 1.29 is 4.79 Å². The maximum atomic E-state index is 12.7. The van der Waals surface area contributed by atoms with Crippen LogP contribution in [0, 0.1) is 17.2 Å². The van der Waals surface area contributed by atoms with E-state index in [0.717, 1.165) is 30.3 Å². The van der Waals surface area contributed by atoms with E-state index < -0.39 is 0 Å². The molecule has 2 heterocycles. The number of halogens is 1. The molecule has 1 aliphatic heterocycles. The van der Waals surface area contributed by atoms with Crippen molar-refractivity contribution >= 4 is 28.4 Å². The summed E-state index contributed by atoms with van der Waals surface area (Å²) in [6.07, 6.45) is 1.77. The normalized spacial score (nSPS) is 18.7. The fraction of sp³-hybridized carbons (Fsp3) is 0.375. The fourth-order valence-corrected chi connectivity index (χ4v) is 3.10. The second-order valence-electron chi connectivity index (χ2n) is 5.51. The van der Waals surface area contributed by atoms with E-state index in [0.29, 0.717) is 17.3 Å². The van der Waals surface area contributed by atoms with Crippen LogP contribution in [0.2, 0.25) is 5.02 Å². The van der Waals surface area contributed by atoms with Gasteiger partial charge >= 0.3 is 0 Å². The molecule has 5 heteroatoms. The number of likely N-dealkylation sites (tertiary alicyclic amines) is 1. The number of aromatic nitrogens is 1. The van der Waals surface area contributed by atoms with Crippen LogP contribution in [-0.2, 0) is 7.05 Å². The smallest absolute Gasteiger partial charge is 0.270 e. The van der Waals surface area contributed by atoms with E-state index in [1.54, 1.807) is 4.90 Å². The summed E-state index contributed by atoms with van der Waals surface area (Å²) in [6, 6.07) is 9.77. The van der Waals surface area contributed by atoms with Gasteiger partial charge in [-0.05, 0) is 31.0 Å². The highest BCUT2D eigenvalue weighted by molar-refractivity contribution is 6.31. The molecule has 0 unspecified atom stereocenters. The monoisotopic (exact) mass is 301 g/mol. The molecule has 3 rings (SSSR count). The topological polar surface area (TPSA) is 49.0 Å². The van der Waals surface area contributed by atoms with Crippen LogP contribution in [-0.4, -0.2) is 28.5 Å². The van der Waals surface area contributed by atoms with E-state index >= 15 is 0 Å². The van der Waals surface area contributed by atoms with Gasteiger partial charge in [0.25, 0.3) is 5.91 Å². The second-order valence-corrected chi connectivity index (χ2v) is 5.95. The lowest BCUT2D eigenvalue weighted by molar-refractivity contribution is 0.0689. The van der Waals surface area contributed by atoms with Crippen molar-refractivity contribution in [3.05, 3.63) is 35.0 Å². The molecule has 0 bridgehead atoms. The van der Waals surface area contributed by atoms with Crippen molar-refractivity contribution in [2.24, 2.45) is 13.0 Å². The van der Waals surface area contributed by atoms with Gasteiger partial charge in [0, 0.05) is 36.1 Å². The zero-order chi connectivity index (χ0) is 15.0. The number of nitriles is 1. The molecule has 0 radical (unpaired) electrons. The number of carbonyl (C=O) groups is 1. The quantitative estimate of drug-likeness (QED) is 0.812. The number of piperidine rings is 1. The largest absolute Gasteiger partial charge is 0.340 e. The number of aryl methyl sites for hydroxylation is 1. The van der Waals surface area contributed by atoms with Gasteiger partial charge in [-0.1, -0.05) is 17.7 Å². The number of carbonyl (C=O) groups excluding carboxylic acids is 1. The summed E-state index contributed by atoms with van der Waals surface area (Å²) in [4.78, 5) is 14.5. The minimum absolute atomic E-state index is 0.00947. The zero-order valence-electron chi connectivity index (χ0n) is 11.8. The summed E-state index contributed by atoms with van der Waals surface area (Å²) in [5.41, 5.74) is 1.59. The summed E-state index contributed by atoms with van der Waals surface area (Å²) in [6.45, 7) is 1.25. The lowest BCUT2D eigenvalue weighted by Gasteiger charge is -2.29. The van der Waals surface area contributed by atoms with Gasteiger partial charge < -0.3 is 9.47 Å². The Morgan fingerprint density at radius 3 is 3.00 bits per heavy atom. The summed E-state index contributed by atoms with van der Waals surface area (Å²) in [5.74, 6) is -0.0587. The zero-order valence-corrected chi connectivity index (χ0v) is 12.6. The number of amides is 1. The lowest BCUT2D eigenvalue weighted by atomic mass is 9.99. The average Bonchev–Trinajstić information content (AvgIpc) is 2.83. The molecule has 1 fully saturated rings. The summed E-state index contributed by atoms with van der Waals surface area (Å²) in [5, 5.41) is 10.7. The first-order chi connectivity index (χ1) is 10.1. The molecule has 1 aromatic heterocycles. The van der Waals surface area contributed by atoms with E-state index in [2.05, 4.69) is 6.07 Å². The number of rotatable bonds is 1. The van der Waals surface area contributed by atoms with Gasteiger partial charge in [-0.25, -0.2) is 0 Å². The first-order valence-electron chi connectivity index (χ1n) is 7.04. The summed E-state index contributed by atoms with van der Waals surface area (Å²) < 4.78 is 1.87. The van der Waals surface area contributed by atoms with Crippen molar-refractivity contribution in [3.63, 3.8) is 0 Å². The van der Waals surface area contributed by atoms with Gasteiger partial charge in [0.2, 0.25) is 0 Å². The Balaban J connectivity index is 1.95. The number of benzene rings is 1. The van der Waals surface area contributed by atoms with Crippen LogP contribution in [0.15, 0.2) is 24.3 Å². The van der Waals surface area contributed by atoms with Gasteiger partial charge in [0.1, 0.15) is 5.69 Å². The average molecular weight is 302 g/mol. The third-order valence-corrected chi connectivity index (χ3v) is 4.35. The molecular formula is C16H16ClN3O. The maximum absolute atomic E-state index is 12.7. The third kappa shape index (κ3) is 2.50. The van der Waals surface area contributed by atoms with Crippen LogP contribution in [0.1, 0.15) is 23.3 Å². The Bertz CT molecular complexity index is 744. The summed E-state index contributed by atoms with van der Waals surface area (Å²) >= 11 is 6.02. The van der Waals surface area contributed by atoms with E-state index in [4.69, 9.17) is 16.9 Å². The van der Waals surface area contributed by atoms with Crippen molar-refractivity contribution in [1.29, 1.82) is 5.26 Å². The predicted molar refractivity (Wildman–Crippen MR) is 82.2 cm³/mol. The van der Waals surface area contributed by atoms with E-state index in [1.165, 1.54) is 0 Å². The number of nitrogens with zero attached hydrogens (tertiary/aromatic N) is 3. The van der Waals surface area contributed by atoms with Crippen molar-refractivity contribution in [2.75, 3.05) is 13.1 Å². The molecule has 108 valence electrons. The van der Waals surface area contributed by atoms with Crippen LogP contribution >= 0.6 is 11.6 Å². The van der Waals surface area contributed by atoms with E-state index in [9.17, 15) is 4.79 Å². The molecule has 0 aliphatic carbocycles. The molecule has 2 aromatic rings. The minimum atomic E-state index is -0.0492. The van der Waals surface area contributed by atoms with Crippen LogP contribution in [0.5, 0.6) is 0 Å². The van der Waals surface area contributed by atoms with Crippen molar-refractivity contribution in [1.82, 2.24) is 9.47 Å². The summed E-state index contributed by atoms with van der Waals surface area (Å²) in [7, 11) is 1.87. The highest BCUT2D eigenvalue weighted by Crippen LogP contribution is 2.25. The lowest BCUT2D eigenvalue weighted by Crippen LogP contribution is -2.40. The highest BCUT2D eigenvalue weighted by Gasteiger charge is 2.26. The molecule has 1 amide bonds. The molecule has 1 aliphatic rings. The first-order valence-corrected chi connectivity index (χ1v) is 7.42. The Hall–Kier alpha value is -1.99. The van der Waals surface area contributed by atoms with Crippen LogP contribution in [0.25, 0.3) is 10.9 Å². The Labute approximate surface area is 128 Å². The number of hydrogen-bond donors (Lipinski definition) is 0. The second kappa shape index (κ2) is 5.42. The first kappa shape index (κ1) is 14.0. The van der Waals surface area contributed by atoms with Crippen molar-refractivity contribution in [3.8, 4) is 6.07 Å². The maximum Gasteiger partial charge on any atom is 0.270 e. The molecule has 21 heavy (non-hydrogen) atoms. The van der Waals surface area contributed by atoms with Crippen LogP contribution in [0.3, 0.4) is 0 Å². The molecule has 0 saturated carbocycles. The van der Waals surface area contributed by atoms with Crippen LogP contribution < -0.4 is 0 Å². The number of hydrogen-bond acceptors (Lipinski definition) is 2. The third-order valence-electron chi connectivity index (χ3n) is 4.12. The molecular weight excluding hydrogens is 286 g/mol. The fourth-order valence-electron chi connectivity index (χ4n) is 2.94. The van der Waals surface area contributed by atoms with Gasteiger partial charge in [-0.2, -0.15) is 5.26 Å². The Morgan fingerprint density at radius 2 is 2.24 bits per heavy atom. The highest BCUT2D eigenvalue weighted by atomic mass is 35.5. The Kier molecular flexibility index (Phi) is 3.60. The molecule has 1 saturated heterocycles. The van der Waals surface area contributed by atoms with Gasteiger partial charge in [-0.3, -0.25) is 4.79 Å². The SMILES string of the molecule is Cn1c(C(=O)N2CCC[C@@H](C#N)C2)cc2ccc(Cl)cc21. The molecule has 4 nitrogen and oxygen atoms in total. The molecule has 0 spiro atoms. The predicted octanol–water partition coefficient (Wildman–Crippen LogP) is 3.21. The number of fused-ring (bicyclic) bond motifs is 1. The van der Waals surface area contributed by atoms with Gasteiger partial charge in [-0.15, -0.1) is 0 Å². The van der Waals surface area contributed by atoms with Crippen LogP contribution in [0.4, 0.5) is 0 Å². The minimum Gasteiger partial charge on any atom is -0.340 e. The van der Waals surface area contributed by atoms with E-state index in [-0.39, 0.29) is 11.8 Å².